The van der Waals surface area contributed by atoms with Crippen molar-refractivity contribution in [1.82, 2.24) is 9.97 Å². The number of nitrogens with one attached hydrogen (secondary N) is 2. The first kappa shape index (κ1) is 18.5. The van der Waals surface area contributed by atoms with E-state index in [0.717, 1.165) is 40.9 Å². The van der Waals surface area contributed by atoms with Crippen LogP contribution in [0.25, 0.3) is 22.4 Å². The van der Waals surface area contributed by atoms with Crippen LogP contribution < -0.4 is 11.1 Å². The molecule has 0 spiro atoms. The van der Waals surface area contributed by atoms with Gasteiger partial charge in [0.05, 0.1) is 16.6 Å². The zero-order chi connectivity index (χ0) is 20.6. The second-order valence-electron chi connectivity index (χ2n) is 6.47. The highest BCUT2D eigenvalue weighted by Gasteiger charge is 2.30. The quantitative estimate of drug-likeness (QED) is 0.422. The van der Waals surface area contributed by atoms with E-state index in [1.54, 1.807) is 36.4 Å². The van der Waals surface area contributed by atoms with Crippen LogP contribution in [0.4, 0.5) is 24.5 Å². The van der Waals surface area contributed by atoms with E-state index < -0.39 is 17.6 Å². The number of hydrogen-bond donors (Lipinski definition) is 3. The molecule has 0 aliphatic carbocycles. The van der Waals surface area contributed by atoms with Crippen LogP contribution in [-0.4, -0.2) is 15.9 Å². The average Bonchev–Trinajstić information content (AvgIpc) is 3.11. The van der Waals surface area contributed by atoms with Crippen LogP contribution in [0.2, 0.25) is 0 Å². The smallest absolute Gasteiger partial charge is 0.399 e. The molecular formula is C21H15F3N4O. The number of alkyl halides is 3. The van der Waals surface area contributed by atoms with Crippen molar-refractivity contribution in [3.63, 3.8) is 0 Å². The highest BCUT2D eigenvalue weighted by Crippen LogP contribution is 2.29. The fraction of sp³-hybridized carbons (Fsp3) is 0.0476. The number of carbonyl (C=O) groups excluding carboxylic acids is 1. The summed E-state index contributed by atoms with van der Waals surface area (Å²) in [7, 11) is 0. The maximum absolute atomic E-state index is 12.6. The first-order valence-corrected chi connectivity index (χ1v) is 8.64. The zero-order valence-corrected chi connectivity index (χ0v) is 14.9. The number of carbonyl (C=O) groups is 1. The SMILES string of the molecule is Nc1ccc2nc(-c3ccc(NC(=O)c4ccc(C(F)(F)F)cc4)cc3)[nH]c2c1. The Morgan fingerprint density at radius 3 is 2.31 bits per heavy atom. The summed E-state index contributed by atoms with van der Waals surface area (Å²) >= 11 is 0. The zero-order valence-electron chi connectivity index (χ0n) is 14.9. The molecule has 5 nitrogen and oxygen atoms in total. The lowest BCUT2D eigenvalue weighted by Gasteiger charge is -2.08. The molecule has 0 saturated carbocycles. The number of hydrogen-bond acceptors (Lipinski definition) is 3. The number of H-pyrrole nitrogens is 1. The highest BCUT2D eigenvalue weighted by atomic mass is 19.4. The van der Waals surface area contributed by atoms with Crippen LogP contribution in [-0.2, 0) is 6.18 Å². The number of halogens is 3. The van der Waals surface area contributed by atoms with Crippen molar-refractivity contribution in [3.8, 4) is 11.4 Å². The van der Waals surface area contributed by atoms with Crippen LogP contribution in [0, 0.1) is 0 Å². The number of imidazole rings is 1. The molecule has 0 aliphatic rings. The van der Waals surface area contributed by atoms with Crippen molar-refractivity contribution in [3.05, 3.63) is 77.9 Å². The summed E-state index contributed by atoms with van der Waals surface area (Å²) in [5.74, 6) is 0.164. The number of amides is 1. The average molecular weight is 396 g/mol. The molecule has 4 aromatic rings. The van der Waals surface area contributed by atoms with Gasteiger partial charge in [0.2, 0.25) is 0 Å². The van der Waals surface area contributed by atoms with E-state index in [9.17, 15) is 18.0 Å². The lowest BCUT2D eigenvalue weighted by Crippen LogP contribution is -2.12. The minimum absolute atomic E-state index is 0.136. The maximum atomic E-state index is 12.6. The molecule has 3 aromatic carbocycles. The molecule has 0 saturated heterocycles. The summed E-state index contributed by atoms with van der Waals surface area (Å²) in [6.45, 7) is 0. The summed E-state index contributed by atoms with van der Waals surface area (Å²) in [6.07, 6.45) is -4.44. The molecule has 4 rings (SSSR count). The van der Waals surface area contributed by atoms with Crippen LogP contribution >= 0.6 is 0 Å². The third kappa shape index (κ3) is 3.91. The molecule has 0 fully saturated rings. The Kier molecular flexibility index (Phi) is 4.46. The van der Waals surface area contributed by atoms with Gasteiger partial charge in [-0.25, -0.2) is 4.98 Å². The van der Waals surface area contributed by atoms with Crippen molar-refractivity contribution >= 4 is 28.3 Å². The number of benzene rings is 3. The molecule has 146 valence electrons. The summed E-state index contributed by atoms with van der Waals surface area (Å²) in [4.78, 5) is 19.9. The van der Waals surface area contributed by atoms with Crippen molar-refractivity contribution in [1.29, 1.82) is 0 Å². The van der Waals surface area contributed by atoms with Gasteiger partial charge in [-0.2, -0.15) is 13.2 Å². The van der Waals surface area contributed by atoms with Crippen LogP contribution in [0.15, 0.2) is 66.7 Å². The first-order valence-electron chi connectivity index (χ1n) is 8.64. The second kappa shape index (κ2) is 6.97. The van der Waals surface area contributed by atoms with E-state index in [2.05, 4.69) is 15.3 Å². The number of nitrogens with two attached hydrogens (primary N) is 1. The van der Waals surface area contributed by atoms with E-state index >= 15 is 0 Å². The largest absolute Gasteiger partial charge is 0.416 e. The number of nitrogens with zero attached hydrogens (tertiary/aromatic N) is 1. The molecule has 1 heterocycles. The number of rotatable bonds is 3. The predicted octanol–water partition coefficient (Wildman–Crippen LogP) is 5.08. The first-order chi connectivity index (χ1) is 13.8. The van der Waals surface area contributed by atoms with Gasteiger partial charge in [0.25, 0.3) is 5.91 Å². The third-order valence-corrected chi connectivity index (χ3v) is 4.40. The number of anilines is 2. The Hall–Kier alpha value is -3.81. The van der Waals surface area contributed by atoms with Gasteiger partial charge in [0, 0.05) is 22.5 Å². The minimum atomic E-state index is -4.44. The monoisotopic (exact) mass is 396 g/mol. The van der Waals surface area contributed by atoms with Gasteiger partial charge in [-0.05, 0) is 66.7 Å². The molecular weight excluding hydrogens is 381 g/mol. The summed E-state index contributed by atoms with van der Waals surface area (Å²) in [6, 6.07) is 16.4. The minimum Gasteiger partial charge on any atom is -0.399 e. The van der Waals surface area contributed by atoms with Gasteiger partial charge in [-0.3, -0.25) is 4.79 Å². The van der Waals surface area contributed by atoms with E-state index in [0.29, 0.717) is 17.2 Å². The molecule has 0 bridgehead atoms. The lowest BCUT2D eigenvalue weighted by molar-refractivity contribution is -0.137. The van der Waals surface area contributed by atoms with E-state index in [1.807, 2.05) is 6.07 Å². The highest BCUT2D eigenvalue weighted by molar-refractivity contribution is 6.04. The third-order valence-electron chi connectivity index (χ3n) is 4.40. The Morgan fingerprint density at radius 2 is 1.66 bits per heavy atom. The topological polar surface area (TPSA) is 83.8 Å². The van der Waals surface area contributed by atoms with Crippen molar-refractivity contribution in [2.75, 3.05) is 11.1 Å². The molecule has 0 atom stereocenters. The summed E-state index contributed by atoms with van der Waals surface area (Å²) < 4.78 is 37.9. The Bertz CT molecular complexity index is 1180. The summed E-state index contributed by atoms with van der Waals surface area (Å²) in [5, 5.41) is 2.66. The lowest BCUT2D eigenvalue weighted by atomic mass is 10.1. The molecule has 0 radical (unpaired) electrons. The van der Waals surface area contributed by atoms with Crippen molar-refractivity contribution in [2.45, 2.75) is 6.18 Å². The fourth-order valence-corrected chi connectivity index (χ4v) is 2.89. The van der Waals surface area contributed by atoms with E-state index in [-0.39, 0.29) is 5.56 Å². The Balaban J connectivity index is 1.49. The number of aromatic nitrogens is 2. The van der Waals surface area contributed by atoms with Crippen LogP contribution in [0.1, 0.15) is 15.9 Å². The number of fused-ring (bicyclic) bond motifs is 1. The maximum Gasteiger partial charge on any atom is 0.416 e. The van der Waals surface area contributed by atoms with Crippen molar-refractivity contribution in [2.24, 2.45) is 0 Å². The summed E-state index contributed by atoms with van der Waals surface area (Å²) in [5.41, 5.74) is 8.67. The molecule has 0 unspecified atom stereocenters. The molecule has 0 aliphatic heterocycles. The number of aromatic amines is 1. The van der Waals surface area contributed by atoms with Gasteiger partial charge in [-0.15, -0.1) is 0 Å². The fourth-order valence-electron chi connectivity index (χ4n) is 2.89. The molecule has 1 aromatic heterocycles. The van der Waals surface area contributed by atoms with Gasteiger partial charge < -0.3 is 16.0 Å². The van der Waals surface area contributed by atoms with E-state index in [1.165, 1.54) is 0 Å². The van der Waals surface area contributed by atoms with Crippen LogP contribution in [0.5, 0.6) is 0 Å². The standard InChI is InChI=1S/C21H15F3N4O/c22-21(23,24)14-5-1-13(2-6-14)20(29)26-16-8-3-12(4-9-16)19-27-17-10-7-15(25)11-18(17)28-19/h1-11H,25H2,(H,26,29)(H,27,28). The Morgan fingerprint density at radius 1 is 0.966 bits per heavy atom. The van der Waals surface area contributed by atoms with Crippen molar-refractivity contribution < 1.29 is 18.0 Å². The molecule has 8 heteroatoms. The second-order valence-corrected chi connectivity index (χ2v) is 6.47. The predicted molar refractivity (Wildman–Crippen MR) is 105 cm³/mol. The molecule has 29 heavy (non-hydrogen) atoms. The molecule has 4 N–H and O–H groups in total. The van der Waals surface area contributed by atoms with Gasteiger partial charge >= 0.3 is 6.18 Å². The van der Waals surface area contributed by atoms with Crippen LogP contribution in [0.3, 0.4) is 0 Å². The molecule has 1 amide bonds. The number of nitrogen functional groups attached to an aromatic ring is 1. The van der Waals surface area contributed by atoms with Gasteiger partial charge in [0.1, 0.15) is 5.82 Å². The van der Waals surface area contributed by atoms with Gasteiger partial charge in [-0.1, -0.05) is 0 Å². The normalized spacial score (nSPS) is 11.6. The van der Waals surface area contributed by atoms with E-state index in [4.69, 9.17) is 5.73 Å². The van der Waals surface area contributed by atoms with Gasteiger partial charge in [0.15, 0.2) is 0 Å². The Labute approximate surface area is 163 Å².